The summed E-state index contributed by atoms with van der Waals surface area (Å²) in [5, 5.41) is 5.31. The summed E-state index contributed by atoms with van der Waals surface area (Å²) >= 11 is 0. The normalized spacial score (nSPS) is 13.2. The zero-order chi connectivity index (χ0) is 13.2. The molecule has 0 bridgehead atoms. The first kappa shape index (κ1) is 11.8. The Morgan fingerprint density at radius 1 is 1.21 bits per heavy atom. The summed E-state index contributed by atoms with van der Waals surface area (Å²) in [5.41, 5.74) is 1.05. The van der Waals surface area contributed by atoms with Gasteiger partial charge in [-0.1, -0.05) is 12.2 Å². The summed E-state index contributed by atoms with van der Waals surface area (Å²) in [6.45, 7) is 2.00. The monoisotopic (exact) mass is 255 g/mol. The molecular weight excluding hydrogens is 241 g/mol. The maximum Gasteiger partial charge on any atom is 0.141 e. The highest BCUT2D eigenvalue weighted by molar-refractivity contribution is 5.56. The first-order valence-corrected chi connectivity index (χ1v) is 6.29. The molecule has 1 N–H and O–H groups in total. The molecule has 0 aromatic carbocycles. The fourth-order valence-corrected chi connectivity index (χ4v) is 2.13. The van der Waals surface area contributed by atoms with Crippen molar-refractivity contribution < 1.29 is 4.39 Å². The quantitative estimate of drug-likeness (QED) is 0.892. The molecule has 0 atom stereocenters. The third-order valence-corrected chi connectivity index (χ3v) is 3.12. The van der Waals surface area contributed by atoms with Crippen LogP contribution in [0.5, 0.6) is 0 Å². The molecule has 0 saturated carbocycles. The van der Waals surface area contributed by atoms with Crippen molar-refractivity contribution in [1.82, 2.24) is 9.97 Å². The SMILES string of the molecule is Cc1cc2c(nc1Nc1ccc(F)cn1)=CCCC=2. The Hall–Kier alpha value is -2.23. The summed E-state index contributed by atoms with van der Waals surface area (Å²) in [6, 6.07) is 5.10. The number of aryl methyl sites for hydroxylation is 1. The van der Waals surface area contributed by atoms with Gasteiger partial charge in [0.15, 0.2) is 0 Å². The van der Waals surface area contributed by atoms with Gasteiger partial charge < -0.3 is 5.32 Å². The Balaban J connectivity index is 2.00. The minimum atomic E-state index is -0.344. The van der Waals surface area contributed by atoms with Crippen molar-refractivity contribution in [1.29, 1.82) is 0 Å². The van der Waals surface area contributed by atoms with Crippen LogP contribution in [0.25, 0.3) is 12.2 Å². The molecule has 2 heterocycles. The average molecular weight is 255 g/mol. The number of anilines is 2. The summed E-state index contributed by atoms with van der Waals surface area (Å²) in [4.78, 5) is 8.58. The first-order chi connectivity index (χ1) is 9.22. The van der Waals surface area contributed by atoms with Crippen LogP contribution in [-0.2, 0) is 0 Å². The van der Waals surface area contributed by atoms with Crippen molar-refractivity contribution in [3.8, 4) is 0 Å². The molecule has 4 heteroatoms. The Bertz CT molecular complexity index is 720. The lowest BCUT2D eigenvalue weighted by atomic mass is 10.1. The smallest absolute Gasteiger partial charge is 0.141 e. The van der Waals surface area contributed by atoms with Crippen molar-refractivity contribution in [3.63, 3.8) is 0 Å². The van der Waals surface area contributed by atoms with E-state index in [1.54, 1.807) is 6.07 Å². The van der Waals surface area contributed by atoms with Crippen molar-refractivity contribution in [2.75, 3.05) is 5.32 Å². The number of halogens is 1. The molecule has 0 amide bonds. The molecule has 1 aliphatic rings. The van der Waals surface area contributed by atoms with Gasteiger partial charge in [0.25, 0.3) is 0 Å². The summed E-state index contributed by atoms with van der Waals surface area (Å²) in [6.07, 6.45) is 7.63. The van der Waals surface area contributed by atoms with Crippen molar-refractivity contribution in [3.05, 3.63) is 46.3 Å². The number of hydrogen-bond acceptors (Lipinski definition) is 3. The molecule has 3 rings (SSSR count). The molecule has 0 spiro atoms. The third kappa shape index (κ3) is 2.47. The number of aromatic nitrogens is 2. The Labute approximate surface area is 110 Å². The molecule has 0 aliphatic heterocycles. The lowest BCUT2D eigenvalue weighted by molar-refractivity contribution is 0.622. The van der Waals surface area contributed by atoms with Gasteiger partial charge in [0.2, 0.25) is 0 Å². The average Bonchev–Trinajstić information content (AvgIpc) is 2.42. The van der Waals surface area contributed by atoms with Gasteiger partial charge in [-0.3, -0.25) is 0 Å². The molecule has 19 heavy (non-hydrogen) atoms. The van der Waals surface area contributed by atoms with Crippen LogP contribution in [0.15, 0.2) is 24.4 Å². The molecule has 0 radical (unpaired) electrons. The second-order valence-electron chi connectivity index (χ2n) is 4.60. The van der Waals surface area contributed by atoms with Crippen molar-refractivity contribution in [2.45, 2.75) is 19.8 Å². The Morgan fingerprint density at radius 3 is 2.84 bits per heavy atom. The van der Waals surface area contributed by atoms with E-state index >= 15 is 0 Å². The van der Waals surface area contributed by atoms with Crippen LogP contribution in [0.1, 0.15) is 18.4 Å². The van der Waals surface area contributed by atoms with E-state index in [1.165, 1.54) is 17.5 Å². The zero-order valence-corrected chi connectivity index (χ0v) is 10.7. The predicted octanol–water partition coefficient (Wildman–Crippen LogP) is 2.02. The molecule has 2 aromatic rings. The van der Waals surface area contributed by atoms with Gasteiger partial charge in [-0.05, 0) is 48.7 Å². The minimum Gasteiger partial charge on any atom is -0.325 e. The van der Waals surface area contributed by atoms with Crippen LogP contribution in [-0.4, -0.2) is 9.97 Å². The minimum absolute atomic E-state index is 0.344. The van der Waals surface area contributed by atoms with Gasteiger partial charge in [0, 0.05) is 0 Å². The lowest BCUT2D eigenvalue weighted by Crippen LogP contribution is -2.31. The number of nitrogens with one attached hydrogen (secondary N) is 1. The standard InChI is InChI=1S/C15H14FN3/c1-10-8-11-4-2-3-5-13(11)18-15(10)19-14-7-6-12(16)9-17-14/h4-9H,2-3H2,1H3,(H,17,18,19). The largest absolute Gasteiger partial charge is 0.325 e. The van der Waals surface area contributed by atoms with E-state index in [0.29, 0.717) is 5.82 Å². The van der Waals surface area contributed by atoms with Crippen LogP contribution in [0.2, 0.25) is 0 Å². The van der Waals surface area contributed by atoms with Crippen LogP contribution < -0.4 is 15.9 Å². The topological polar surface area (TPSA) is 37.8 Å². The highest BCUT2D eigenvalue weighted by Gasteiger charge is 2.04. The van der Waals surface area contributed by atoms with Crippen LogP contribution in [0.3, 0.4) is 0 Å². The van der Waals surface area contributed by atoms with Gasteiger partial charge in [-0.2, -0.15) is 0 Å². The van der Waals surface area contributed by atoms with Crippen molar-refractivity contribution in [2.24, 2.45) is 0 Å². The van der Waals surface area contributed by atoms with Crippen molar-refractivity contribution >= 4 is 23.8 Å². The van der Waals surface area contributed by atoms with Gasteiger partial charge >= 0.3 is 0 Å². The van der Waals surface area contributed by atoms with E-state index in [9.17, 15) is 4.39 Å². The third-order valence-electron chi connectivity index (χ3n) is 3.12. The molecule has 2 aromatic heterocycles. The molecule has 0 unspecified atom stereocenters. The summed E-state index contributed by atoms with van der Waals surface area (Å²) < 4.78 is 12.8. The highest BCUT2D eigenvalue weighted by Crippen LogP contribution is 2.14. The Kier molecular flexibility index (Phi) is 2.99. The van der Waals surface area contributed by atoms with Crippen LogP contribution in [0, 0.1) is 12.7 Å². The summed E-state index contributed by atoms with van der Waals surface area (Å²) in [5.74, 6) is 1.02. The maximum atomic E-state index is 12.8. The molecule has 3 nitrogen and oxygen atoms in total. The van der Waals surface area contributed by atoms with Gasteiger partial charge in [0.05, 0.1) is 11.5 Å². The number of nitrogens with zero attached hydrogens (tertiary/aromatic N) is 2. The van der Waals surface area contributed by atoms with Crippen LogP contribution >= 0.6 is 0 Å². The first-order valence-electron chi connectivity index (χ1n) is 6.29. The van der Waals surface area contributed by atoms with E-state index in [2.05, 4.69) is 33.5 Å². The number of fused-ring (bicyclic) bond motifs is 1. The van der Waals surface area contributed by atoms with E-state index < -0.39 is 0 Å². The summed E-state index contributed by atoms with van der Waals surface area (Å²) in [7, 11) is 0. The predicted molar refractivity (Wildman–Crippen MR) is 73.9 cm³/mol. The molecular formula is C15H14FN3. The van der Waals surface area contributed by atoms with Gasteiger partial charge in [0.1, 0.15) is 17.5 Å². The van der Waals surface area contributed by atoms with Gasteiger partial charge in [-0.25, -0.2) is 14.4 Å². The van der Waals surface area contributed by atoms with E-state index in [4.69, 9.17) is 0 Å². The Morgan fingerprint density at radius 2 is 2.05 bits per heavy atom. The number of pyridine rings is 2. The highest BCUT2D eigenvalue weighted by atomic mass is 19.1. The van der Waals surface area contributed by atoms with E-state index in [1.807, 2.05) is 6.92 Å². The number of rotatable bonds is 2. The van der Waals surface area contributed by atoms with Gasteiger partial charge in [-0.15, -0.1) is 0 Å². The fraction of sp³-hybridized carbons (Fsp3) is 0.200. The molecule has 96 valence electrons. The molecule has 1 aliphatic carbocycles. The molecule has 0 saturated heterocycles. The maximum absolute atomic E-state index is 12.8. The zero-order valence-electron chi connectivity index (χ0n) is 10.7. The van der Waals surface area contributed by atoms with E-state index in [0.717, 1.165) is 29.6 Å². The number of hydrogen-bond donors (Lipinski definition) is 1. The van der Waals surface area contributed by atoms with E-state index in [-0.39, 0.29) is 5.82 Å². The fourth-order valence-electron chi connectivity index (χ4n) is 2.13. The molecule has 0 fully saturated rings. The van der Waals surface area contributed by atoms with Crippen LogP contribution in [0.4, 0.5) is 16.0 Å². The lowest BCUT2D eigenvalue weighted by Gasteiger charge is -2.09. The second kappa shape index (κ2) is 4.80. The second-order valence-corrected chi connectivity index (χ2v) is 4.60.